The van der Waals surface area contributed by atoms with Gasteiger partial charge >= 0.3 is 0 Å². The Bertz CT molecular complexity index is 1080. The van der Waals surface area contributed by atoms with Crippen LogP contribution in [0.3, 0.4) is 0 Å². The summed E-state index contributed by atoms with van der Waals surface area (Å²) in [4.78, 5) is 17.0. The van der Waals surface area contributed by atoms with E-state index in [2.05, 4.69) is 62.6 Å². The Morgan fingerprint density at radius 3 is 2.43 bits per heavy atom. The van der Waals surface area contributed by atoms with Gasteiger partial charge < -0.3 is 15.1 Å². The molecule has 0 radical (unpaired) electrons. The summed E-state index contributed by atoms with van der Waals surface area (Å²) < 4.78 is 0. The lowest BCUT2D eigenvalue weighted by atomic mass is 10.2. The van der Waals surface area contributed by atoms with Gasteiger partial charge in [0, 0.05) is 31.9 Å². The molecule has 1 N–H and O–H groups in total. The third-order valence-corrected chi connectivity index (χ3v) is 5.15. The van der Waals surface area contributed by atoms with Gasteiger partial charge in [0.15, 0.2) is 11.5 Å². The van der Waals surface area contributed by atoms with E-state index >= 15 is 0 Å². The Morgan fingerprint density at radius 1 is 0.967 bits per heavy atom. The van der Waals surface area contributed by atoms with Gasteiger partial charge in [0.25, 0.3) is 5.91 Å². The van der Waals surface area contributed by atoms with Crippen LogP contribution in [0.2, 0.25) is 0 Å². The fraction of sp³-hybridized carbons (Fsp3) is 0.217. The molecule has 30 heavy (non-hydrogen) atoms. The van der Waals surface area contributed by atoms with Crippen LogP contribution in [-0.4, -0.2) is 42.3 Å². The van der Waals surface area contributed by atoms with Crippen LogP contribution in [0.15, 0.2) is 60.7 Å². The Kier molecular flexibility index (Phi) is 5.57. The van der Waals surface area contributed by atoms with Crippen LogP contribution < -0.4 is 15.1 Å². The monoisotopic (exact) mass is 398 g/mol. The molecule has 7 nitrogen and oxygen atoms in total. The van der Waals surface area contributed by atoms with Gasteiger partial charge in [-0.15, -0.1) is 10.2 Å². The molecule has 2 heterocycles. The molecule has 1 aromatic heterocycles. The minimum Gasteiger partial charge on any atom is -0.368 e. The maximum absolute atomic E-state index is 12.5. The second-order valence-electron chi connectivity index (χ2n) is 7.20. The van der Waals surface area contributed by atoms with Crippen LogP contribution in [0.25, 0.3) is 0 Å². The Hall–Kier alpha value is -3.92. The number of amides is 1. The first kappa shape index (κ1) is 19.4. The summed E-state index contributed by atoms with van der Waals surface area (Å²) >= 11 is 0. The molecular weight excluding hydrogens is 376 g/mol. The van der Waals surface area contributed by atoms with E-state index in [0.29, 0.717) is 11.3 Å². The van der Waals surface area contributed by atoms with E-state index in [9.17, 15) is 4.79 Å². The number of hydrogen-bond donors (Lipinski definition) is 1. The van der Waals surface area contributed by atoms with Gasteiger partial charge in [0.1, 0.15) is 6.07 Å². The van der Waals surface area contributed by atoms with Crippen LogP contribution in [0.5, 0.6) is 0 Å². The normalized spacial score (nSPS) is 13.6. The van der Waals surface area contributed by atoms with Gasteiger partial charge in [-0.2, -0.15) is 5.26 Å². The van der Waals surface area contributed by atoms with Crippen molar-refractivity contribution in [3.8, 4) is 6.07 Å². The quantitative estimate of drug-likeness (QED) is 0.726. The number of aryl methyl sites for hydroxylation is 1. The highest BCUT2D eigenvalue weighted by Crippen LogP contribution is 2.20. The zero-order chi connectivity index (χ0) is 20.9. The number of carbonyl (C=O) groups excluding carboxylic acids is 1. The minimum atomic E-state index is -0.388. The van der Waals surface area contributed by atoms with Gasteiger partial charge in [-0.3, -0.25) is 4.79 Å². The number of piperazine rings is 1. The first-order chi connectivity index (χ1) is 14.6. The van der Waals surface area contributed by atoms with E-state index in [1.807, 2.05) is 6.07 Å². The van der Waals surface area contributed by atoms with E-state index in [1.54, 1.807) is 30.3 Å². The van der Waals surface area contributed by atoms with Crippen molar-refractivity contribution in [1.29, 1.82) is 5.26 Å². The molecule has 1 aliphatic heterocycles. The lowest BCUT2D eigenvalue weighted by Gasteiger charge is -2.36. The molecule has 0 atom stereocenters. The maximum atomic E-state index is 12.5. The van der Waals surface area contributed by atoms with E-state index in [4.69, 9.17) is 5.26 Å². The van der Waals surface area contributed by atoms with Gasteiger partial charge in [0.05, 0.1) is 11.3 Å². The predicted molar refractivity (Wildman–Crippen MR) is 117 cm³/mol. The number of aromatic nitrogens is 2. The second-order valence-corrected chi connectivity index (χ2v) is 7.20. The molecule has 150 valence electrons. The molecule has 2 aromatic carbocycles. The number of nitrogens with one attached hydrogen (secondary N) is 1. The maximum Gasteiger partial charge on any atom is 0.276 e. The van der Waals surface area contributed by atoms with E-state index in [0.717, 1.165) is 32.0 Å². The van der Waals surface area contributed by atoms with Crippen molar-refractivity contribution < 1.29 is 4.79 Å². The number of nitriles is 1. The standard InChI is InChI=1S/C23H22N6O/c1-17-5-4-7-19(15-17)28-11-13-29(14-12-28)22-10-9-21(26-27-22)23(30)25-20-8-3-2-6-18(20)16-24/h2-10,15H,11-14H2,1H3,(H,25,30). The van der Waals surface area contributed by atoms with E-state index in [1.165, 1.54) is 11.3 Å². The van der Waals surface area contributed by atoms with Crippen LogP contribution in [0, 0.1) is 18.3 Å². The molecule has 0 bridgehead atoms. The Balaban J connectivity index is 1.38. The summed E-state index contributed by atoms with van der Waals surface area (Å²) in [6.07, 6.45) is 0. The molecule has 4 rings (SSSR count). The zero-order valence-corrected chi connectivity index (χ0v) is 16.7. The molecule has 3 aromatic rings. The summed E-state index contributed by atoms with van der Waals surface area (Å²) in [7, 11) is 0. The van der Waals surface area contributed by atoms with Crippen molar-refractivity contribution in [1.82, 2.24) is 10.2 Å². The number of nitrogens with zero attached hydrogens (tertiary/aromatic N) is 5. The average Bonchev–Trinajstić information content (AvgIpc) is 2.79. The molecule has 1 aliphatic rings. The summed E-state index contributed by atoms with van der Waals surface area (Å²) in [5.41, 5.74) is 3.58. The summed E-state index contributed by atoms with van der Waals surface area (Å²) in [6.45, 7) is 5.58. The van der Waals surface area contributed by atoms with Gasteiger partial charge in [-0.1, -0.05) is 24.3 Å². The largest absolute Gasteiger partial charge is 0.368 e. The van der Waals surface area contributed by atoms with E-state index in [-0.39, 0.29) is 11.6 Å². The minimum absolute atomic E-state index is 0.213. The summed E-state index contributed by atoms with van der Waals surface area (Å²) in [6, 6.07) is 20.9. The topological polar surface area (TPSA) is 85.1 Å². The number of rotatable bonds is 4. The molecule has 1 fully saturated rings. The Labute approximate surface area is 175 Å². The number of anilines is 3. The third kappa shape index (κ3) is 4.23. The summed E-state index contributed by atoms with van der Waals surface area (Å²) in [5.74, 6) is 0.369. The van der Waals surface area contributed by atoms with Crippen molar-refractivity contribution >= 4 is 23.1 Å². The Morgan fingerprint density at radius 2 is 1.73 bits per heavy atom. The van der Waals surface area contributed by atoms with Gasteiger partial charge in [0.2, 0.25) is 0 Å². The van der Waals surface area contributed by atoms with Crippen molar-refractivity contribution in [2.75, 3.05) is 41.3 Å². The number of para-hydroxylation sites is 1. The highest BCUT2D eigenvalue weighted by atomic mass is 16.1. The number of carbonyl (C=O) groups is 1. The van der Waals surface area contributed by atoms with Crippen molar-refractivity contribution in [3.05, 3.63) is 77.5 Å². The lowest BCUT2D eigenvalue weighted by molar-refractivity contribution is 0.102. The molecule has 0 saturated carbocycles. The first-order valence-electron chi connectivity index (χ1n) is 9.85. The van der Waals surface area contributed by atoms with Crippen LogP contribution >= 0.6 is 0 Å². The summed E-state index contributed by atoms with van der Waals surface area (Å²) in [5, 5.41) is 20.2. The van der Waals surface area contributed by atoms with Crippen LogP contribution in [0.1, 0.15) is 21.6 Å². The average molecular weight is 398 g/mol. The smallest absolute Gasteiger partial charge is 0.276 e. The zero-order valence-electron chi connectivity index (χ0n) is 16.7. The van der Waals surface area contributed by atoms with Gasteiger partial charge in [-0.05, 0) is 48.9 Å². The lowest BCUT2D eigenvalue weighted by Crippen LogP contribution is -2.47. The van der Waals surface area contributed by atoms with Crippen LogP contribution in [-0.2, 0) is 0 Å². The predicted octanol–water partition coefficient (Wildman–Crippen LogP) is 3.24. The molecule has 7 heteroatoms. The van der Waals surface area contributed by atoms with E-state index < -0.39 is 0 Å². The SMILES string of the molecule is Cc1cccc(N2CCN(c3ccc(C(=O)Nc4ccccc4C#N)nn3)CC2)c1. The fourth-order valence-electron chi connectivity index (χ4n) is 3.51. The fourth-order valence-corrected chi connectivity index (χ4v) is 3.51. The highest BCUT2D eigenvalue weighted by molar-refractivity contribution is 6.03. The molecule has 1 amide bonds. The third-order valence-electron chi connectivity index (χ3n) is 5.15. The van der Waals surface area contributed by atoms with Gasteiger partial charge in [-0.25, -0.2) is 0 Å². The number of hydrogen-bond acceptors (Lipinski definition) is 6. The first-order valence-corrected chi connectivity index (χ1v) is 9.85. The number of benzene rings is 2. The van der Waals surface area contributed by atoms with Crippen molar-refractivity contribution in [3.63, 3.8) is 0 Å². The molecule has 0 spiro atoms. The van der Waals surface area contributed by atoms with Crippen molar-refractivity contribution in [2.24, 2.45) is 0 Å². The second kappa shape index (κ2) is 8.62. The van der Waals surface area contributed by atoms with Crippen molar-refractivity contribution in [2.45, 2.75) is 6.92 Å². The molecule has 1 saturated heterocycles. The molecule has 0 aliphatic carbocycles. The van der Waals surface area contributed by atoms with Crippen LogP contribution in [0.4, 0.5) is 17.2 Å². The molecular formula is C23H22N6O. The molecule has 0 unspecified atom stereocenters. The highest BCUT2D eigenvalue weighted by Gasteiger charge is 2.19.